The van der Waals surface area contributed by atoms with Crippen LogP contribution in [0.15, 0.2) is 83.6 Å². The van der Waals surface area contributed by atoms with Crippen LogP contribution in [0, 0.1) is 17.9 Å². The summed E-state index contributed by atoms with van der Waals surface area (Å²) in [5.41, 5.74) is 6.33. The van der Waals surface area contributed by atoms with Crippen LogP contribution in [0.1, 0.15) is 79.7 Å². The Labute approximate surface area is 280 Å². The molecule has 0 fully saturated rings. The number of aliphatic hydroxyl groups excluding tert-OH is 1. The van der Waals surface area contributed by atoms with Crippen LogP contribution in [-0.4, -0.2) is 25.8 Å². The third-order valence-electron chi connectivity index (χ3n) is 8.23. The van der Waals surface area contributed by atoms with Gasteiger partial charge in [0.2, 0.25) is 0 Å². The molecule has 239 valence electrons. The first-order valence-electron chi connectivity index (χ1n) is 15.7. The number of furan rings is 1. The van der Waals surface area contributed by atoms with Crippen molar-refractivity contribution in [1.82, 2.24) is 15.0 Å². The van der Waals surface area contributed by atoms with Gasteiger partial charge in [-0.05, 0) is 43.2 Å². The van der Waals surface area contributed by atoms with E-state index >= 15 is 0 Å². The van der Waals surface area contributed by atoms with E-state index in [1.165, 1.54) is 17.0 Å². The standard InChI is InChI=1S/C25H20N3O.C13H24O2.Ir/c1-25(2,3)20-13-17(12-16-6-4-5-7-18(16)20)22-14-23(28-15-27-22)19-8-10-26-21-9-11-29-24(19)21;1-5-10(6-2)12(14)9-13(15)11(7-3)8-4;/h4-11,13-15H,1-3H3;9-11,14H,5-8H2,1-4H3;/q-1;;/b;12-9-;. The Balaban J connectivity index is 0.000000297. The molecule has 5 rings (SSSR count). The molecule has 0 atom stereocenters. The predicted molar refractivity (Wildman–Crippen MR) is 179 cm³/mol. The summed E-state index contributed by atoms with van der Waals surface area (Å²) in [6.45, 7) is 14.8. The summed E-state index contributed by atoms with van der Waals surface area (Å²) in [7, 11) is 0. The predicted octanol–water partition coefficient (Wildman–Crippen LogP) is 10.1. The van der Waals surface area contributed by atoms with Gasteiger partial charge in [-0.3, -0.25) is 14.8 Å². The molecule has 0 spiro atoms. The second-order valence-electron chi connectivity index (χ2n) is 12.2. The molecule has 45 heavy (non-hydrogen) atoms. The molecule has 0 saturated carbocycles. The molecular formula is C38H44IrN3O3-. The number of carbonyl (C=O) groups is 1. The molecule has 0 aliphatic heterocycles. The van der Waals surface area contributed by atoms with E-state index in [-0.39, 0.29) is 48.9 Å². The Hall–Kier alpha value is -3.67. The molecular weight excluding hydrogens is 739 g/mol. The normalized spacial score (nSPS) is 11.9. The van der Waals surface area contributed by atoms with Crippen molar-refractivity contribution >= 4 is 27.7 Å². The average Bonchev–Trinajstić information content (AvgIpc) is 3.51. The molecule has 0 aliphatic carbocycles. The molecule has 3 aromatic heterocycles. The maximum Gasteiger partial charge on any atom is 0.162 e. The molecule has 0 amide bonds. The Bertz CT molecular complexity index is 1740. The van der Waals surface area contributed by atoms with Gasteiger partial charge in [-0.25, -0.2) is 4.98 Å². The maximum atomic E-state index is 11.7. The van der Waals surface area contributed by atoms with Gasteiger partial charge in [0.1, 0.15) is 11.8 Å². The van der Waals surface area contributed by atoms with E-state index in [0.717, 1.165) is 64.7 Å². The number of aliphatic hydroxyl groups is 1. The summed E-state index contributed by atoms with van der Waals surface area (Å²) in [6, 6.07) is 19.9. The molecule has 1 N–H and O–H groups in total. The number of aromatic nitrogens is 3. The number of nitrogens with zero attached hydrogens (tertiary/aromatic N) is 3. The SMILES string of the molecule is CC(C)(C)c1cc(-c2cc(-c3ccnc4ccoc34)ncn2)[c-]c2ccccc12.CCC(CC)C(=O)/C=C(\O)C(CC)CC.[Ir]. The van der Waals surface area contributed by atoms with Crippen molar-refractivity contribution in [1.29, 1.82) is 0 Å². The Morgan fingerprint density at radius 2 is 1.58 bits per heavy atom. The van der Waals surface area contributed by atoms with E-state index in [0.29, 0.717) is 0 Å². The molecule has 0 aliphatic rings. The molecule has 1 radical (unpaired) electrons. The summed E-state index contributed by atoms with van der Waals surface area (Å²) in [5.74, 6) is 0.547. The third-order valence-corrected chi connectivity index (χ3v) is 8.23. The van der Waals surface area contributed by atoms with Crippen molar-refractivity contribution in [3.8, 4) is 22.5 Å². The number of allylic oxidation sites excluding steroid dienone is 2. The molecule has 5 aromatic rings. The summed E-state index contributed by atoms with van der Waals surface area (Å²) in [5, 5.41) is 12.1. The fourth-order valence-corrected chi connectivity index (χ4v) is 5.50. The minimum absolute atomic E-state index is 0. The number of rotatable bonds is 9. The van der Waals surface area contributed by atoms with E-state index < -0.39 is 0 Å². The van der Waals surface area contributed by atoms with Gasteiger partial charge < -0.3 is 9.52 Å². The number of hydrogen-bond acceptors (Lipinski definition) is 6. The number of fused-ring (bicyclic) bond motifs is 2. The minimum Gasteiger partial charge on any atom is -0.512 e. The second-order valence-corrected chi connectivity index (χ2v) is 12.2. The van der Waals surface area contributed by atoms with Crippen LogP contribution >= 0.6 is 0 Å². The van der Waals surface area contributed by atoms with Crippen LogP contribution in [-0.2, 0) is 30.3 Å². The summed E-state index contributed by atoms with van der Waals surface area (Å²) < 4.78 is 5.64. The Morgan fingerprint density at radius 3 is 2.24 bits per heavy atom. The van der Waals surface area contributed by atoms with Crippen molar-refractivity contribution in [3.05, 3.63) is 90.8 Å². The Morgan fingerprint density at radius 1 is 0.911 bits per heavy atom. The molecule has 2 aromatic carbocycles. The number of pyridine rings is 1. The molecule has 0 bridgehead atoms. The van der Waals surface area contributed by atoms with Crippen molar-refractivity contribution < 1.29 is 34.4 Å². The fraction of sp³-hybridized carbons (Fsp3) is 0.368. The molecule has 6 nitrogen and oxygen atoms in total. The number of benzene rings is 2. The van der Waals surface area contributed by atoms with Crippen molar-refractivity contribution in [2.24, 2.45) is 11.8 Å². The zero-order chi connectivity index (χ0) is 31.9. The van der Waals surface area contributed by atoms with Gasteiger partial charge in [-0.2, -0.15) is 0 Å². The van der Waals surface area contributed by atoms with Gasteiger partial charge in [-0.1, -0.05) is 77.6 Å². The van der Waals surface area contributed by atoms with Crippen LogP contribution in [0.4, 0.5) is 0 Å². The topological polar surface area (TPSA) is 89.1 Å². The van der Waals surface area contributed by atoms with Crippen LogP contribution < -0.4 is 0 Å². The van der Waals surface area contributed by atoms with E-state index in [4.69, 9.17) is 4.42 Å². The zero-order valence-electron chi connectivity index (χ0n) is 27.4. The van der Waals surface area contributed by atoms with Crippen molar-refractivity contribution in [2.45, 2.75) is 79.6 Å². The van der Waals surface area contributed by atoms with Gasteiger partial charge in [0, 0.05) is 61.5 Å². The number of ketones is 1. The Kier molecular flexibility index (Phi) is 12.8. The molecule has 3 heterocycles. The van der Waals surface area contributed by atoms with Crippen molar-refractivity contribution in [2.75, 3.05) is 0 Å². The average molecular weight is 783 g/mol. The van der Waals surface area contributed by atoms with E-state index in [9.17, 15) is 9.90 Å². The monoisotopic (exact) mass is 783 g/mol. The molecule has 0 unspecified atom stereocenters. The van der Waals surface area contributed by atoms with E-state index in [2.05, 4.69) is 66.1 Å². The first-order valence-corrected chi connectivity index (χ1v) is 15.7. The second kappa shape index (κ2) is 16.1. The van der Waals surface area contributed by atoms with Gasteiger partial charge in [-0.15, -0.1) is 29.1 Å². The fourth-order valence-electron chi connectivity index (χ4n) is 5.50. The summed E-state index contributed by atoms with van der Waals surface area (Å²) in [6.07, 6.45) is 9.92. The third kappa shape index (κ3) is 8.53. The smallest absolute Gasteiger partial charge is 0.162 e. The quantitative estimate of drug-likeness (QED) is 0.0910. The zero-order valence-corrected chi connectivity index (χ0v) is 29.7. The maximum absolute atomic E-state index is 11.7. The van der Waals surface area contributed by atoms with Gasteiger partial charge >= 0.3 is 0 Å². The van der Waals surface area contributed by atoms with Crippen molar-refractivity contribution in [3.63, 3.8) is 0 Å². The number of carbonyl (C=O) groups excluding carboxylic acids is 1. The molecule has 7 heteroatoms. The first kappa shape index (κ1) is 35.8. The van der Waals surface area contributed by atoms with Gasteiger partial charge in [0.15, 0.2) is 11.4 Å². The largest absolute Gasteiger partial charge is 0.512 e. The minimum atomic E-state index is 0. The van der Waals surface area contributed by atoms with Gasteiger partial charge in [0.05, 0.1) is 17.7 Å². The number of hydrogen-bond donors (Lipinski definition) is 1. The van der Waals surface area contributed by atoms with Crippen LogP contribution in [0.2, 0.25) is 0 Å². The van der Waals surface area contributed by atoms with Gasteiger partial charge in [0.25, 0.3) is 0 Å². The molecule has 0 saturated heterocycles. The van der Waals surface area contributed by atoms with E-state index in [1.54, 1.807) is 18.8 Å². The first-order chi connectivity index (χ1) is 21.1. The summed E-state index contributed by atoms with van der Waals surface area (Å²) >= 11 is 0. The van der Waals surface area contributed by atoms with Crippen LogP contribution in [0.25, 0.3) is 44.4 Å². The van der Waals surface area contributed by atoms with Crippen LogP contribution in [0.3, 0.4) is 0 Å². The summed E-state index contributed by atoms with van der Waals surface area (Å²) in [4.78, 5) is 25.1. The van der Waals surface area contributed by atoms with E-state index in [1.807, 2.05) is 52.0 Å². The van der Waals surface area contributed by atoms with Crippen LogP contribution in [0.5, 0.6) is 0 Å².